The number of benzene rings is 4. The third-order valence-electron chi connectivity index (χ3n) is 5.35. The van der Waals surface area contributed by atoms with E-state index in [-0.39, 0.29) is 11.8 Å². The molecule has 1 aliphatic rings. The van der Waals surface area contributed by atoms with E-state index in [0.29, 0.717) is 6.42 Å². The molecule has 130 valence electrons. The van der Waals surface area contributed by atoms with Crippen LogP contribution < -0.4 is 5.32 Å². The lowest BCUT2D eigenvalue weighted by Crippen LogP contribution is -2.23. The standard InChI is InChI=1S/C25H19NO/c27-24-16-23(20-12-10-18(11-13-20)17-6-2-1-3-7-17)26-22-15-14-19-8-4-5-9-21(19)25(22)24/h1-15,23,26H,16H2/t23-/m1/s1. The molecule has 4 aromatic rings. The van der Waals surface area contributed by atoms with E-state index >= 15 is 0 Å². The first-order valence-electron chi connectivity index (χ1n) is 9.26. The zero-order valence-electron chi connectivity index (χ0n) is 14.9. The predicted molar refractivity (Wildman–Crippen MR) is 111 cm³/mol. The van der Waals surface area contributed by atoms with Crippen molar-refractivity contribution in [2.45, 2.75) is 12.5 Å². The largest absolute Gasteiger partial charge is 0.377 e. The van der Waals surface area contributed by atoms with Gasteiger partial charge in [-0.05, 0) is 33.5 Å². The highest BCUT2D eigenvalue weighted by Gasteiger charge is 2.27. The lowest BCUT2D eigenvalue weighted by Gasteiger charge is -2.27. The van der Waals surface area contributed by atoms with Gasteiger partial charge in [0, 0.05) is 17.7 Å². The second kappa shape index (κ2) is 6.40. The molecule has 4 aromatic carbocycles. The van der Waals surface area contributed by atoms with E-state index in [1.165, 1.54) is 11.1 Å². The molecule has 1 aliphatic heterocycles. The van der Waals surface area contributed by atoms with E-state index in [1.807, 2.05) is 42.5 Å². The zero-order valence-corrected chi connectivity index (χ0v) is 14.9. The van der Waals surface area contributed by atoms with Crippen LogP contribution in [0, 0.1) is 0 Å². The maximum absolute atomic E-state index is 12.9. The fourth-order valence-electron chi connectivity index (χ4n) is 3.96. The van der Waals surface area contributed by atoms with Crippen LogP contribution in [0.2, 0.25) is 0 Å². The molecule has 27 heavy (non-hydrogen) atoms. The minimum absolute atomic E-state index is 0.0102. The fraction of sp³-hybridized carbons (Fsp3) is 0.0800. The van der Waals surface area contributed by atoms with Gasteiger partial charge in [-0.3, -0.25) is 4.79 Å². The molecule has 0 bridgehead atoms. The highest BCUT2D eigenvalue weighted by Crippen LogP contribution is 2.37. The number of rotatable bonds is 2. The minimum Gasteiger partial charge on any atom is -0.377 e. The third kappa shape index (κ3) is 2.80. The maximum Gasteiger partial charge on any atom is 0.167 e. The molecular weight excluding hydrogens is 330 g/mol. The number of hydrogen-bond acceptors (Lipinski definition) is 2. The van der Waals surface area contributed by atoms with Crippen LogP contribution in [0.4, 0.5) is 5.69 Å². The Hall–Kier alpha value is -3.39. The Kier molecular flexibility index (Phi) is 3.75. The number of Topliss-reactive ketones (excluding diaryl/α,β-unsaturated/α-hetero) is 1. The molecule has 5 rings (SSSR count). The molecule has 0 unspecified atom stereocenters. The number of ketones is 1. The van der Waals surface area contributed by atoms with Crippen LogP contribution in [-0.2, 0) is 0 Å². The van der Waals surface area contributed by atoms with Crippen LogP contribution in [0.3, 0.4) is 0 Å². The molecule has 1 atom stereocenters. The summed E-state index contributed by atoms with van der Waals surface area (Å²) < 4.78 is 0. The SMILES string of the molecule is O=C1C[C@H](c2ccc(-c3ccccc3)cc2)Nc2ccc3ccccc3c21. The van der Waals surface area contributed by atoms with Gasteiger partial charge in [-0.25, -0.2) is 0 Å². The van der Waals surface area contributed by atoms with E-state index in [1.54, 1.807) is 0 Å². The van der Waals surface area contributed by atoms with Gasteiger partial charge in [0.05, 0.1) is 6.04 Å². The van der Waals surface area contributed by atoms with Crippen LogP contribution in [-0.4, -0.2) is 5.78 Å². The first-order valence-corrected chi connectivity index (χ1v) is 9.26. The summed E-state index contributed by atoms with van der Waals surface area (Å²) in [5, 5.41) is 5.72. The Labute approximate surface area is 158 Å². The Balaban J connectivity index is 1.48. The molecule has 0 spiro atoms. The molecule has 0 aliphatic carbocycles. The van der Waals surface area contributed by atoms with Crippen molar-refractivity contribution >= 4 is 22.2 Å². The second-order valence-corrected chi connectivity index (χ2v) is 7.02. The second-order valence-electron chi connectivity index (χ2n) is 7.02. The molecule has 1 heterocycles. The molecule has 0 saturated carbocycles. The molecule has 0 aromatic heterocycles. The van der Waals surface area contributed by atoms with Crippen LogP contribution in [0.15, 0.2) is 91.0 Å². The van der Waals surface area contributed by atoms with Gasteiger partial charge < -0.3 is 5.32 Å². The van der Waals surface area contributed by atoms with Crippen molar-refractivity contribution in [2.24, 2.45) is 0 Å². The Bertz CT molecular complexity index is 1130. The van der Waals surface area contributed by atoms with Crippen LogP contribution in [0.5, 0.6) is 0 Å². The Morgan fingerprint density at radius 2 is 1.41 bits per heavy atom. The van der Waals surface area contributed by atoms with Crippen LogP contribution in [0.25, 0.3) is 21.9 Å². The quantitative estimate of drug-likeness (QED) is 0.464. The first-order chi connectivity index (χ1) is 13.3. The van der Waals surface area contributed by atoms with Gasteiger partial charge >= 0.3 is 0 Å². The number of anilines is 1. The van der Waals surface area contributed by atoms with Gasteiger partial charge in [-0.1, -0.05) is 84.9 Å². The highest BCUT2D eigenvalue weighted by atomic mass is 16.1. The van der Waals surface area contributed by atoms with Gasteiger partial charge in [0.2, 0.25) is 0 Å². The van der Waals surface area contributed by atoms with Crippen molar-refractivity contribution in [2.75, 3.05) is 5.32 Å². The van der Waals surface area contributed by atoms with E-state index in [2.05, 4.69) is 53.8 Å². The highest BCUT2D eigenvalue weighted by molar-refractivity contribution is 6.14. The van der Waals surface area contributed by atoms with Gasteiger partial charge in [0.15, 0.2) is 5.78 Å². The Morgan fingerprint density at radius 3 is 2.22 bits per heavy atom. The summed E-state index contributed by atoms with van der Waals surface area (Å²) in [7, 11) is 0. The van der Waals surface area contributed by atoms with Gasteiger partial charge in [0.1, 0.15) is 0 Å². The number of nitrogens with one attached hydrogen (secondary N) is 1. The van der Waals surface area contributed by atoms with E-state index < -0.39 is 0 Å². The molecule has 1 N–H and O–H groups in total. The van der Waals surface area contributed by atoms with Gasteiger partial charge in [0.25, 0.3) is 0 Å². The summed E-state index contributed by atoms with van der Waals surface area (Å²) >= 11 is 0. The summed E-state index contributed by atoms with van der Waals surface area (Å²) in [5.74, 6) is 0.206. The molecule has 0 fully saturated rings. The number of carbonyl (C=O) groups is 1. The third-order valence-corrected chi connectivity index (χ3v) is 5.35. The van der Waals surface area contributed by atoms with Crippen LogP contribution >= 0.6 is 0 Å². The average Bonchev–Trinajstić information content (AvgIpc) is 2.74. The van der Waals surface area contributed by atoms with Crippen LogP contribution in [0.1, 0.15) is 28.4 Å². The summed E-state index contributed by atoms with van der Waals surface area (Å²) in [6, 6.07) is 31.0. The van der Waals surface area contributed by atoms with Gasteiger partial charge in [-0.2, -0.15) is 0 Å². The lowest BCUT2D eigenvalue weighted by molar-refractivity contribution is 0.0974. The fourth-order valence-corrected chi connectivity index (χ4v) is 3.96. The lowest BCUT2D eigenvalue weighted by atomic mass is 9.89. The van der Waals surface area contributed by atoms with Crippen molar-refractivity contribution in [3.63, 3.8) is 0 Å². The number of hydrogen-bond donors (Lipinski definition) is 1. The van der Waals surface area contributed by atoms with Crippen molar-refractivity contribution in [1.29, 1.82) is 0 Å². The molecule has 2 nitrogen and oxygen atoms in total. The van der Waals surface area contributed by atoms with E-state index in [4.69, 9.17) is 0 Å². The van der Waals surface area contributed by atoms with Crippen molar-refractivity contribution in [3.05, 3.63) is 102 Å². The van der Waals surface area contributed by atoms with Gasteiger partial charge in [-0.15, -0.1) is 0 Å². The maximum atomic E-state index is 12.9. The minimum atomic E-state index is 0.0102. The number of fused-ring (bicyclic) bond motifs is 3. The monoisotopic (exact) mass is 349 g/mol. The van der Waals surface area contributed by atoms with E-state index in [9.17, 15) is 4.79 Å². The predicted octanol–water partition coefficient (Wildman–Crippen LogP) is 6.25. The van der Waals surface area contributed by atoms with Crippen molar-refractivity contribution in [3.8, 4) is 11.1 Å². The first kappa shape index (κ1) is 15.8. The summed E-state index contributed by atoms with van der Waals surface area (Å²) in [6.07, 6.45) is 0.478. The summed E-state index contributed by atoms with van der Waals surface area (Å²) in [6.45, 7) is 0. The molecule has 0 amide bonds. The Morgan fingerprint density at radius 1 is 0.704 bits per heavy atom. The molecule has 0 radical (unpaired) electrons. The topological polar surface area (TPSA) is 29.1 Å². The average molecular weight is 349 g/mol. The molecule has 0 saturated heterocycles. The van der Waals surface area contributed by atoms with Crippen molar-refractivity contribution in [1.82, 2.24) is 0 Å². The summed E-state index contributed by atoms with van der Waals surface area (Å²) in [4.78, 5) is 12.9. The molecular formula is C25H19NO. The van der Waals surface area contributed by atoms with E-state index in [0.717, 1.165) is 27.6 Å². The van der Waals surface area contributed by atoms with Crippen molar-refractivity contribution < 1.29 is 4.79 Å². The molecule has 2 heteroatoms. The smallest absolute Gasteiger partial charge is 0.167 e. The zero-order chi connectivity index (χ0) is 18.2. The normalized spacial score (nSPS) is 16.0. The summed E-state index contributed by atoms with van der Waals surface area (Å²) in [5.41, 5.74) is 5.29. The number of carbonyl (C=O) groups excluding carboxylic acids is 1.